The van der Waals surface area contributed by atoms with Crippen LogP contribution in [0.25, 0.3) is 0 Å². The zero-order chi connectivity index (χ0) is 11.4. The average Bonchev–Trinajstić information content (AvgIpc) is 2.33. The molecule has 1 aliphatic heterocycles. The number of hydrogen-bond acceptors (Lipinski definition) is 3. The molecule has 84 valence electrons. The monoisotopic (exact) mass is 216 g/mol. The average molecular weight is 216 g/mol. The summed E-state index contributed by atoms with van der Waals surface area (Å²) >= 11 is 0. The minimum Gasteiger partial charge on any atom is -0.379 e. The minimum absolute atomic E-state index is 0.431. The van der Waals surface area contributed by atoms with Crippen LogP contribution in [0.3, 0.4) is 0 Å². The summed E-state index contributed by atoms with van der Waals surface area (Å²) in [6.07, 6.45) is 0. The standard InChI is InChI=1S/C13H16N2O/c1-11-10-16-7-6-15(11)9-13-5-3-2-4-12(13)8-14/h2-5,11H,6-7,9-10H2,1H3/t11-/m0/s1. The van der Waals surface area contributed by atoms with Gasteiger partial charge in [0.15, 0.2) is 0 Å². The first-order valence-corrected chi connectivity index (χ1v) is 5.61. The van der Waals surface area contributed by atoms with Crippen molar-refractivity contribution in [3.05, 3.63) is 35.4 Å². The van der Waals surface area contributed by atoms with E-state index >= 15 is 0 Å². The van der Waals surface area contributed by atoms with Crippen LogP contribution >= 0.6 is 0 Å². The molecule has 0 unspecified atom stereocenters. The number of benzene rings is 1. The van der Waals surface area contributed by atoms with Crippen LogP contribution in [-0.2, 0) is 11.3 Å². The fourth-order valence-corrected chi connectivity index (χ4v) is 1.98. The third kappa shape index (κ3) is 2.41. The van der Waals surface area contributed by atoms with Crippen LogP contribution < -0.4 is 0 Å². The van der Waals surface area contributed by atoms with E-state index in [1.165, 1.54) is 0 Å². The molecule has 1 saturated heterocycles. The highest BCUT2D eigenvalue weighted by molar-refractivity contribution is 5.37. The summed E-state index contributed by atoms with van der Waals surface area (Å²) in [6, 6.07) is 10.5. The lowest BCUT2D eigenvalue weighted by atomic mass is 10.1. The van der Waals surface area contributed by atoms with Crippen molar-refractivity contribution >= 4 is 0 Å². The molecular weight excluding hydrogens is 200 g/mol. The Balaban J connectivity index is 2.11. The van der Waals surface area contributed by atoms with Crippen molar-refractivity contribution in [3.63, 3.8) is 0 Å². The molecule has 0 amide bonds. The van der Waals surface area contributed by atoms with E-state index in [4.69, 9.17) is 10.00 Å². The van der Waals surface area contributed by atoms with E-state index in [0.29, 0.717) is 6.04 Å². The molecule has 0 radical (unpaired) electrons. The van der Waals surface area contributed by atoms with Gasteiger partial charge in [0.25, 0.3) is 0 Å². The molecule has 1 fully saturated rings. The summed E-state index contributed by atoms with van der Waals surface area (Å²) in [5.41, 5.74) is 1.89. The van der Waals surface area contributed by atoms with Crippen LogP contribution in [0.5, 0.6) is 0 Å². The molecule has 0 bridgehead atoms. The van der Waals surface area contributed by atoms with E-state index in [-0.39, 0.29) is 0 Å². The zero-order valence-corrected chi connectivity index (χ0v) is 9.52. The van der Waals surface area contributed by atoms with Gasteiger partial charge < -0.3 is 4.74 Å². The zero-order valence-electron chi connectivity index (χ0n) is 9.52. The van der Waals surface area contributed by atoms with E-state index < -0.39 is 0 Å². The van der Waals surface area contributed by atoms with Crippen LogP contribution in [0.4, 0.5) is 0 Å². The number of hydrogen-bond donors (Lipinski definition) is 0. The van der Waals surface area contributed by atoms with Gasteiger partial charge in [-0.2, -0.15) is 5.26 Å². The van der Waals surface area contributed by atoms with Gasteiger partial charge in [-0.1, -0.05) is 18.2 Å². The molecule has 0 saturated carbocycles. The lowest BCUT2D eigenvalue weighted by Crippen LogP contribution is -2.43. The van der Waals surface area contributed by atoms with Gasteiger partial charge in [-0.25, -0.2) is 0 Å². The predicted molar refractivity (Wildman–Crippen MR) is 61.8 cm³/mol. The van der Waals surface area contributed by atoms with Crippen molar-refractivity contribution in [1.29, 1.82) is 5.26 Å². The summed E-state index contributed by atoms with van der Waals surface area (Å²) in [6.45, 7) is 5.52. The number of ether oxygens (including phenoxy) is 1. The normalized spacial score (nSPS) is 21.6. The Morgan fingerprint density at radius 3 is 3.06 bits per heavy atom. The van der Waals surface area contributed by atoms with Crippen LogP contribution in [0, 0.1) is 11.3 Å². The first-order valence-electron chi connectivity index (χ1n) is 5.61. The molecule has 1 heterocycles. The van der Waals surface area contributed by atoms with Gasteiger partial charge >= 0.3 is 0 Å². The van der Waals surface area contributed by atoms with E-state index in [2.05, 4.69) is 17.9 Å². The summed E-state index contributed by atoms with van der Waals surface area (Å²) in [5, 5.41) is 9.02. The second kappa shape index (κ2) is 5.11. The van der Waals surface area contributed by atoms with Crippen LogP contribution in [0.15, 0.2) is 24.3 Å². The van der Waals surface area contributed by atoms with Gasteiger partial charge in [-0.05, 0) is 18.6 Å². The maximum Gasteiger partial charge on any atom is 0.0995 e. The van der Waals surface area contributed by atoms with Crippen molar-refractivity contribution in [1.82, 2.24) is 4.90 Å². The summed E-state index contributed by atoms with van der Waals surface area (Å²) in [5.74, 6) is 0. The molecule has 1 atom stereocenters. The van der Waals surface area contributed by atoms with E-state index in [1.807, 2.05) is 24.3 Å². The second-order valence-electron chi connectivity index (χ2n) is 4.16. The number of nitriles is 1. The predicted octanol–water partition coefficient (Wildman–Crippen LogP) is 1.78. The highest BCUT2D eigenvalue weighted by Crippen LogP contribution is 2.14. The number of nitrogens with zero attached hydrogens (tertiary/aromatic N) is 2. The second-order valence-corrected chi connectivity index (χ2v) is 4.16. The first-order chi connectivity index (χ1) is 7.81. The third-order valence-corrected chi connectivity index (χ3v) is 3.02. The first kappa shape index (κ1) is 11.1. The fourth-order valence-electron chi connectivity index (χ4n) is 1.98. The molecule has 2 rings (SSSR count). The molecule has 3 nitrogen and oxygen atoms in total. The quantitative estimate of drug-likeness (QED) is 0.756. The maximum absolute atomic E-state index is 9.02. The smallest absolute Gasteiger partial charge is 0.0995 e. The largest absolute Gasteiger partial charge is 0.379 e. The van der Waals surface area contributed by atoms with Gasteiger partial charge in [0.1, 0.15) is 0 Å². The Hall–Kier alpha value is -1.37. The third-order valence-electron chi connectivity index (χ3n) is 3.02. The van der Waals surface area contributed by atoms with Crippen molar-refractivity contribution in [3.8, 4) is 6.07 Å². The minimum atomic E-state index is 0.431. The molecule has 0 aromatic heterocycles. The van der Waals surface area contributed by atoms with Gasteiger partial charge in [-0.15, -0.1) is 0 Å². The molecule has 16 heavy (non-hydrogen) atoms. The number of rotatable bonds is 2. The van der Waals surface area contributed by atoms with Crippen LogP contribution in [-0.4, -0.2) is 30.7 Å². The molecule has 0 spiro atoms. The Kier molecular flexibility index (Phi) is 3.55. The van der Waals surface area contributed by atoms with Crippen molar-refractivity contribution < 1.29 is 4.74 Å². The molecule has 1 aromatic rings. The molecular formula is C13H16N2O. The van der Waals surface area contributed by atoms with Crippen molar-refractivity contribution in [2.45, 2.75) is 19.5 Å². The Morgan fingerprint density at radius 1 is 1.50 bits per heavy atom. The lowest BCUT2D eigenvalue weighted by Gasteiger charge is -2.33. The molecule has 3 heteroatoms. The molecule has 0 aliphatic carbocycles. The SMILES string of the molecule is C[C@H]1COCCN1Cc1ccccc1C#N. The van der Waals surface area contributed by atoms with Crippen molar-refractivity contribution in [2.24, 2.45) is 0 Å². The summed E-state index contributed by atoms with van der Waals surface area (Å²) in [4.78, 5) is 2.36. The Morgan fingerprint density at radius 2 is 2.31 bits per heavy atom. The Labute approximate surface area is 96.2 Å². The fraction of sp³-hybridized carbons (Fsp3) is 0.462. The van der Waals surface area contributed by atoms with Crippen molar-refractivity contribution in [2.75, 3.05) is 19.8 Å². The van der Waals surface area contributed by atoms with Gasteiger partial charge in [0.05, 0.1) is 24.8 Å². The van der Waals surface area contributed by atoms with Crippen LogP contribution in [0.2, 0.25) is 0 Å². The number of morpholine rings is 1. The topological polar surface area (TPSA) is 36.3 Å². The van der Waals surface area contributed by atoms with E-state index in [0.717, 1.165) is 37.4 Å². The summed E-state index contributed by atoms with van der Waals surface area (Å²) in [7, 11) is 0. The van der Waals surface area contributed by atoms with Gasteiger partial charge in [0.2, 0.25) is 0 Å². The molecule has 1 aliphatic rings. The van der Waals surface area contributed by atoms with E-state index in [1.54, 1.807) is 0 Å². The van der Waals surface area contributed by atoms with Gasteiger partial charge in [0, 0.05) is 19.1 Å². The molecule has 0 N–H and O–H groups in total. The molecule has 1 aromatic carbocycles. The summed E-state index contributed by atoms with van der Waals surface area (Å²) < 4.78 is 5.40. The van der Waals surface area contributed by atoms with Gasteiger partial charge in [-0.3, -0.25) is 4.90 Å². The maximum atomic E-state index is 9.02. The lowest BCUT2D eigenvalue weighted by molar-refractivity contribution is -0.00440. The highest BCUT2D eigenvalue weighted by Gasteiger charge is 2.19. The Bertz CT molecular complexity index is 397. The van der Waals surface area contributed by atoms with E-state index in [9.17, 15) is 0 Å². The highest BCUT2D eigenvalue weighted by atomic mass is 16.5. The van der Waals surface area contributed by atoms with Crippen LogP contribution in [0.1, 0.15) is 18.1 Å².